The SMILES string of the molecule is CC(C(=O)Nc1ccc(F)cc1-c1ccc(Cl)cc1)C1CNC1. The van der Waals surface area contributed by atoms with E-state index in [0.717, 1.165) is 18.7 Å². The van der Waals surface area contributed by atoms with E-state index in [4.69, 9.17) is 11.6 Å². The first-order valence-electron chi connectivity index (χ1n) is 7.61. The number of benzene rings is 2. The summed E-state index contributed by atoms with van der Waals surface area (Å²) in [6, 6.07) is 11.5. The van der Waals surface area contributed by atoms with Gasteiger partial charge in [-0.3, -0.25) is 4.79 Å². The second-order valence-electron chi connectivity index (χ2n) is 5.89. The monoisotopic (exact) mass is 332 g/mol. The fourth-order valence-corrected chi connectivity index (χ4v) is 2.74. The van der Waals surface area contributed by atoms with E-state index in [2.05, 4.69) is 10.6 Å². The van der Waals surface area contributed by atoms with Crippen LogP contribution in [0, 0.1) is 17.7 Å². The third-order valence-corrected chi connectivity index (χ3v) is 4.58. The first-order valence-corrected chi connectivity index (χ1v) is 7.99. The van der Waals surface area contributed by atoms with Gasteiger partial charge in [0.05, 0.1) is 0 Å². The zero-order chi connectivity index (χ0) is 16.4. The van der Waals surface area contributed by atoms with E-state index in [9.17, 15) is 9.18 Å². The molecule has 0 bridgehead atoms. The van der Waals surface area contributed by atoms with Crippen molar-refractivity contribution in [2.24, 2.45) is 11.8 Å². The molecule has 2 N–H and O–H groups in total. The highest BCUT2D eigenvalue weighted by molar-refractivity contribution is 6.30. The minimum absolute atomic E-state index is 0.0432. The van der Waals surface area contributed by atoms with Crippen LogP contribution in [0.4, 0.5) is 10.1 Å². The van der Waals surface area contributed by atoms with Gasteiger partial charge in [0.1, 0.15) is 5.82 Å². The molecule has 1 saturated heterocycles. The summed E-state index contributed by atoms with van der Waals surface area (Å²) in [4.78, 5) is 12.4. The Morgan fingerprint density at radius 3 is 2.57 bits per heavy atom. The maximum absolute atomic E-state index is 13.7. The highest BCUT2D eigenvalue weighted by atomic mass is 35.5. The third-order valence-electron chi connectivity index (χ3n) is 4.33. The zero-order valence-electron chi connectivity index (χ0n) is 12.8. The summed E-state index contributed by atoms with van der Waals surface area (Å²) in [6.07, 6.45) is 0. The summed E-state index contributed by atoms with van der Waals surface area (Å²) >= 11 is 5.90. The maximum Gasteiger partial charge on any atom is 0.227 e. The van der Waals surface area contributed by atoms with E-state index in [1.807, 2.05) is 19.1 Å². The molecule has 120 valence electrons. The van der Waals surface area contributed by atoms with Crippen molar-refractivity contribution in [3.63, 3.8) is 0 Å². The van der Waals surface area contributed by atoms with E-state index >= 15 is 0 Å². The molecular weight excluding hydrogens is 315 g/mol. The number of anilines is 1. The molecule has 1 amide bonds. The van der Waals surface area contributed by atoms with Crippen molar-refractivity contribution in [1.82, 2.24) is 5.32 Å². The predicted molar refractivity (Wildman–Crippen MR) is 91.0 cm³/mol. The van der Waals surface area contributed by atoms with E-state index in [1.165, 1.54) is 12.1 Å². The quantitative estimate of drug-likeness (QED) is 0.890. The number of hydrogen-bond donors (Lipinski definition) is 2. The summed E-state index contributed by atoms with van der Waals surface area (Å²) in [5, 5.41) is 6.71. The Hall–Kier alpha value is -1.91. The number of rotatable bonds is 4. The summed E-state index contributed by atoms with van der Waals surface area (Å²) in [5.41, 5.74) is 2.06. The summed E-state index contributed by atoms with van der Waals surface area (Å²) in [7, 11) is 0. The molecule has 1 aliphatic heterocycles. The van der Waals surface area contributed by atoms with Gasteiger partial charge in [0.15, 0.2) is 0 Å². The van der Waals surface area contributed by atoms with Gasteiger partial charge in [-0.25, -0.2) is 4.39 Å². The molecule has 3 nitrogen and oxygen atoms in total. The standard InChI is InChI=1S/C18H18ClFN2O/c1-11(13-9-21-10-13)18(23)22-17-7-6-15(20)8-16(17)12-2-4-14(19)5-3-12/h2-8,11,13,21H,9-10H2,1H3,(H,22,23). The smallest absolute Gasteiger partial charge is 0.227 e. The van der Waals surface area contributed by atoms with Crippen LogP contribution in [0.1, 0.15) is 6.92 Å². The molecule has 1 aliphatic rings. The molecule has 0 saturated carbocycles. The van der Waals surface area contributed by atoms with Crippen LogP contribution in [-0.4, -0.2) is 19.0 Å². The molecule has 0 radical (unpaired) electrons. The van der Waals surface area contributed by atoms with Gasteiger partial charge in [0.2, 0.25) is 5.91 Å². The number of halogens is 2. The van der Waals surface area contributed by atoms with Crippen LogP contribution in [0.15, 0.2) is 42.5 Å². The van der Waals surface area contributed by atoms with Gasteiger partial charge >= 0.3 is 0 Å². The zero-order valence-corrected chi connectivity index (χ0v) is 13.5. The first-order chi connectivity index (χ1) is 11.0. The molecule has 5 heteroatoms. The maximum atomic E-state index is 13.7. The predicted octanol–water partition coefficient (Wildman–Crippen LogP) is 3.94. The lowest BCUT2D eigenvalue weighted by Gasteiger charge is -2.31. The fourth-order valence-electron chi connectivity index (χ4n) is 2.62. The average Bonchev–Trinajstić information content (AvgIpc) is 2.48. The molecular formula is C18H18ClFN2O. The summed E-state index contributed by atoms with van der Waals surface area (Å²) < 4.78 is 13.7. The number of amides is 1. The van der Waals surface area contributed by atoms with Gasteiger partial charge in [-0.1, -0.05) is 30.7 Å². The third kappa shape index (κ3) is 3.54. The molecule has 2 aromatic carbocycles. The Morgan fingerprint density at radius 2 is 1.96 bits per heavy atom. The van der Waals surface area contributed by atoms with Gasteiger partial charge in [0.25, 0.3) is 0 Å². The number of nitrogens with one attached hydrogen (secondary N) is 2. The lowest BCUT2D eigenvalue weighted by Crippen LogP contribution is -2.48. The Labute approximate surface area is 139 Å². The molecule has 3 rings (SSSR count). The molecule has 0 aromatic heterocycles. The lowest BCUT2D eigenvalue weighted by molar-refractivity contribution is -0.121. The minimum Gasteiger partial charge on any atom is -0.325 e. The number of hydrogen-bond acceptors (Lipinski definition) is 2. The van der Waals surface area contributed by atoms with Crippen molar-refractivity contribution in [3.8, 4) is 11.1 Å². The van der Waals surface area contributed by atoms with E-state index in [-0.39, 0.29) is 17.6 Å². The van der Waals surface area contributed by atoms with Gasteiger partial charge in [-0.2, -0.15) is 0 Å². The molecule has 23 heavy (non-hydrogen) atoms. The van der Waals surface area contributed by atoms with Crippen LogP contribution in [0.2, 0.25) is 5.02 Å². The van der Waals surface area contributed by atoms with Crippen molar-refractivity contribution in [3.05, 3.63) is 53.3 Å². The fraction of sp³-hybridized carbons (Fsp3) is 0.278. The Kier molecular flexibility index (Phi) is 4.64. The number of carbonyl (C=O) groups excluding carboxylic acids is 1. The largest absolute Gasteiger partial charge is 0.325 e. The highest BCUT2D eigenvalue weighted by Gasteiger charge is 2.29. The molecule has 2 aromatic rings. The van der Waals surface area contributed by atoms with Gasteiger partial charge in [0, 0.05) is 22.2 Å². The molecule has 0 aliphatic carbocycles. The van der Waals surface area contributed by atoms with E-state index < -0.39 is 0 Å². The van der Waals surface area contributed by atoms with Crippen LogP contribution in [0.5, 0.6) is 0 Å². The Bertz CT molecular complexity index is 713. The van der Waals surface area contributed by atoms with Crippen LogP contribution in [-0.2, 0) is 4.79 Å². The van der Waals surface area contributed by atoms with Crippen molar-refractivity contribution in [2.75, 3.05) is 18.4 Å². The second-order valence-corrected chi connectivity index (χ2v) is 6.33. The van der Waals surface area contributed by atoms with Crippen LogP contribution < -0.4 is 10.6 Å². The highest BCUT2D eigenvalue weighted by Crippen LogP contribution is 2.30. The Balaban J connectivity index is 1.86. The molecule has 1 unspecified atom stereocenters. The summed E-state index contributed by atoms with van der Waals surface area (Å²) in [6.45, 7) is 3.65. The molecule has 1 heterocycles. The van der Waals surface area contributed by atoms with Gasteiger partial charge in [-0.15, -0.1) is 0 Å². The molecule has 1 atom stereocenters. The minimum atomic E-state index is -0.343. The van der Waals surface area contributed by atoms with Crippen molar-refractivity contribution >= 4 is 23.2 Å². The topological polar surface area (TPSA) is 41.1 Å². The average molecular weight is 333 g/mol. The van der Waals surface area contributed by atoms with E-state index in [1.54, 1.807) is 18.2 Å². The molecule has 1 fully saturated rings. The second kappa shape index (κ2) is 6.69. The molecule has 0 spiro atoms. The normalized spacial score (nSPS) is 15.8. The number of carbonyl (C=O) groups is 1. The van der Waals surface area contributed by atoms with Crippen LogP contribution in [0.25, 0.3) is 11.1 Å². The Morgan fingerprint density at radius 1 is 1.26 bits per heavy atom. The van der Waals surface area contributed by atoms with Crippen molar-refractivity contribution in [1.29, 1.82) is 0 Å². The summed E-state index contributed by atoms with van der Waals surface area (Å²) in [5.74, 6) is -0.115. The van der Waals surface area contributed by atoms with E-state index in [0.29, 0.717) is 22.2 Å². The van der Waals surface area contributed by atoms with Crippen molar-refractivity contribution in [2.45, 2.75) is 6.92 Å². The van der Waals surface area contributed by atoms with Crippen LogP contribution >= 0.6 is 11.6 Å². The first kappa shape index (κ1) is 16.0. The van der Waals surface area contributed by atoms with Gasteiger partial charge in [-0.05, 0) is 54.9 Å². The van der Waals surface area contributed by atoms with Gasteiger partial charge < -0.3 is 10.6 Å². The lowest BCUT2D eigenvalue weighted by atomic mass is 9.88. The van der Waals surface area contributed by atoms with Crippen LogP contribution in [0.3, 0.4) is 0 Å². The van der Waals surface area contributed by atoms with Crippen molar-refractivity contribution < 1.29 is 9.18 Å².